The number of rotatable bonds is 6. The zero-order valence-corrected chi connectivity index (χ0v) is 14.8. The Morgan fingerprint density at radius 1 is 1.23 bits per heavy atom. The normalized spacial score (nSPS) is 11.0. The van der Waals surface area contributed by atoms with Crippen molar-refractivity contribution in [1.29, 1.82) is 5.26 Å². The van der Waals surface area contributed by atoms with E-state index in [0.29, 0.717) is 17.3 Å². The summed E-state index contributed by atoms with van der Waals surface area (Å²) in [5.74, 6) is 0.467. The lowest BCUT2D eigenvalue weighted by atomic mass is 10.2. The van der Waals surface area contributed by atoms with E-state index < -0.39 is 0 Å². The first-order valence-electron chi connectivity index (χ1n) is 7.88. The van der Waals surface area contributed by atoms with Gasteiger partial charge in [-0.15, -0.1) is 11.3 Å². The van der Waals surface area contributed by atoms with Gasteiger partial charge in [-0.2, -0.15) is 10.4 Å². The van der Waals surface area contributed by atoms with E-state index in [9.17, 15) is 9.65 Å². The Labute approximate surface area is 154 Å². The molecule has 26 heavy (non-hydrogen) atoms. The van der Waals surface area contributed by atoms with Gasteiger partial charge in [-0.05, 0) is 55.5 Å². The van der Waals surface area contributed by atoms with Crippen LogP contribution in [0.4, 0.5) is 10.1 Å². The van der Waals surface area contributed by atoms with Crippen LogP contribution in [0.25, 0.3) is 11.3 Å². The number of aromatic nitrogens is 1. The minimum Gasteiger partial charge on any atom is -0.494 e. The first kappa shape index (κ1) is 17.6. The van der Waals surface area contributed by atoms with E-state index in [4.69, 9.17) is 4.74 Å². The predicted molar refractivity (Wildman–Crippen MR) is 101 cm³/mol. The summed E-state index contributed by atoms with van der Waals surface area (Å²) in [4.78, 5) is 4.41. The molecular formula is C19H15FN4OS. The topological polar surface area (TPSA) is 70.3 Å². The van der Waals surface area contributed by atoms with Gasteiger partial charge in [-0.25, -0.2) is 9.37 Å². The van der Waals surface area contributed by atoms with E-state index >= 15 is 0 Å². The highest BCUT2D eigenvalue weighted by molar-refractivity contribution is 7.12. The van der Waals surface area contributed by atoms with Gasteiger partial charge < -0.3 is 4.74 Å². The zero-order chi connectivity index (χ0) is 18.4. The number of halogens is 1. The fourth-order valence-electron chi connectivity index (χ4n) is 2.17. The van der Waals surface area contributed by atoms with Crippen molar-refractivity contribution in [3.8, 4) is 23.1 Å². The lowest BCUT2D eigenvalue weighted by Gasteiger charge is -2.04. The molecule has 2 aromatic carbocycles. The van der Waals surface area contributed by atoms with Gasteiger partial charge in [-0.1, -0.05) is 0 Å². The van der Waals surface area contributed by atoms with Gasteiger partial charge in [-0.3, -0.25) is 5.43 Å². The molecule has 7 heteroatoms. The second kappa shape index (κ2) is 8.23. The van der Waals surface area contributed by atoms with Crippen molar-refractivity contribution in [1.82, 2.24) is 4.98 Å². The lowest BCUT2D eigenvalue weighted by molar-refractivity contribution is 0.340. The van der Waals surface area contributed by atoms with Crippen molar-refractivity contribution < 1.29 is 9.13 Å². The molecule has 0 unspecified atom stereocenters. The molecule has 1 N–H and O–H groups in total. The summed E-state index contributed by atoms with van der Waals surface area (Å²) < 4.78 is 18.4. The summed E-state index contributed by atoms with van der Waals surface area (Å²) in [6.07, 6.45) is 0. The number of benzene rings is 2. The number of hydrogen-bond donors (Lipinski definition) is 1. The van der Waals surface area contributed by atoms with Gasteiger partial charge in [0.15, 0.2) is 10.7 Å². The average molecular weight is 366 g/mol. The number of ether oxygens (including phenoxy) is 1. The molecule has 0 aliphatic carbocycles. The molecule has 0 bridgehead atoms. The third-order valence-electron chi connectivity index (χ3n) is 3.41. The van der Waals surface area contributed by atoms with Crippen molar-refractivity contribution in [2.75, 3.05) is 12.0 Å². The van der Waals surface area contributed by atoms with Gasteiger partial charge in [0.1, 0.15) is 17.6 Å². The Morgan fingerprint density at radius 2 is 1.96 bits per heavy atom. The van der Waals surface area contributed by atoms with E-state index in [1.54, 1.807) is 12.1 Å². The van der Waals surface area contributed by atoms with Crippen LogP contribution in [-0.2, 0) is 0 Å². The Kier molecular flexibility index (Phi) is 5.56. The molecule has 3 aromatic rings. The van der Waals surface area contributed by atoms with Crippen molar-refractivity contribution >= 4 is 22.7 Å². The molecule has 3 rings (SSSR count). The highest BCUT2D eigenvalue weighted by Gasteiger charge is 2.10. The van der Waals surface area contributed by atoms with Crippen LogP contribution in [0.15, 0.2) is 59.0 Å². The molecule has 0 saturated heterocycles. The molecule has 0 atom stereocenters. The Bertz CT molecular complexity index is 943. The number of nitrogens with zero attached hydrogens (tertiary/aromatic N) is 3. The van der Waals surface area contributed by atoms with Crippen LogP contribution >= 0.6 is 11.3 Å². The maximum absolute atomic E-state index is 13.0. The minimum atomic E-state index is -0.303. The second-order valence-electron chi connectivity index (χ2n) is 5.19. The van der Waals surface area contributed by atoms with E-state index in [1.807, 2.05) is 42.6 Å². The highest BCUT2D eigenvalue weighted by atomic mass is 32.1. The lowest BCUT2D eigenvalue weighted by Crippen LogP contribution is -2.01. The van der Waals surface area contributed by atoms with Crippen LogP contribution in [0.3, 0.4) is 0 Å². The molecule has 0 radical (unpaired) electrons. The summed E-state index contributed by atoms with van der Waals surface area (Å²) >= 11 is 1.31. The SMILES string of the molecule is CCOc1ccc(N/N=C(\C#N)c2nc(-c3ccc(F)cc3)cs2)cc1. The molecule has 130 valence electrons. The summed E-state index contributed by atoms with van der Waals surface area (Å²) in [5, 5.41) is 15.8. The van der Waals surface area contributed by atoms with Crippen LogP contribution in [0.1, 0.15) is 11.9 Å². The monoisotopic (exact) mass is 366 g/mol. The number of hydrogen-bond acceptors (Lipinski definition) is 6. The van der Waals surface area contributed by atoms with Gasteiger partial charge in [0.2, 0.25) is 0 Å². The maximum Gasteiger partial charge on any atom is 0.196 e. The van der Waals surface area contributed by atoms with E-state index in [0.717, 1.165) is 17.0 Å². The maximum atomic E-state index is 13.0. The fourth-order valence-corrected chi connectivity index (χ4v) is 2.94. The quantitative estimate of drug-likeness (QED) is 0.508. The van der Waals surface area contributed by atoms with Crippen LogP contribution in [-0.4, -0.2) is 17.3 Å². The number of nitriles is 1. The molecule has 0 fully saturated rings. The molecule has 0 spiro atoms. The van der Waals surface area contributed by atoms with Crippen molar-refractivity contribution in [2.24, 2.45) is 5.10 Å². The van der Waals surface area contributed by atoms with Gasteiger partial charge in [0.05, 0.1) is 18.0 Å². The zero-order valence-electron chi connectivity index (χ0n) is 13.9. The molecule has 0 saturated carbocycles. The average Bonchev–Trinajstić information content (AvgIpc) is 3.14. The van der Waals surface area contributed by atoms with Gasteiger partial charge >= 0.3 is 0 Å². The summed E-state index contributed by atoms with van der Waals surface area (Å²) in [5.41, 5.74) is 5.22. The molecule has 0 aliphatic rings. The van der Waals surface area contributed by atoms with Gasteiger partial charge in [0.25, 0.3) is 0 Å². The van der Waals surface area contributed by atoms with Crippen LogP contribution in [0.5, 0.6) is 5.75 Å². The van der Waals surface area contributed by atoms with Gasteiger partial charge in [0, 0.05) is 10.9 Å². The number of nitrogens with one attached hydrogen (secondary N) is 1. The molecule has 0 amide bonds. The van der Waals surface area contributed by atoms with E-state index in [-0.39, 0.29) is 11.5 Å². The third-order valence-corrected chi connectivity index (χ3v) is 4.26. The molecule has 1 heterocycles. The van der Waals surface area contributed by atoms with E-state index in [2.05, 4.69) is 15.5 Å². The minimum absolute atomic E-state index is 0.178. The summed E-state index contributed by atoms with van der Waals surface area (Å²) in [6.45, 7) is 2.52. The Morgan fingerprint density at radius 3 is 2.62 bits per heavy atom. The first-order valence-corrected chi connectivity index (χ1v) is 8.76. The van der Waals surface area contributed by atoms with Crippen molar-refractivity contribution in [3.05, 3.63) is 64.7 Å². The first-order chi connectivity index (χ1) is 12.7. The smallest absolute Gasteiger partial charge is 0.196 e. The number of hydrazone groups is 1. The largest absolute Gasteiger partial charge is 0.494 e. The summed E-state index contributed by atoms with van der Waals surface area (Å²) in [6, 6.07) is 15.4. The standard InChI is InChI=1S/C19H15FN4OS/c1-2-25-16-9-7-15(8-10-16)23-24-17(11-21)19-22-18(12-26-19)13-3-5-14(20)6-4-13/h3-10,12,23H,2H2,1H3/b24-17+. The van der Waals surface area contributed by atoms with Crippen LogP contribution < -0.4 is 10.2 Å². The summed E-state index contributed by atoms with van der Waals surface area (Å²) in [7, 11) is 0. The number of anilines is 1. The van der Waals surface area contributed by atoms with Crippen LogP contribution in [0.2, 0.25) is 0 Å². The molecule has 0 aliphatic heterocycles. The van der Waals surface area contributed by atoms with E-state index in [1.165, 1.54) is 23.5 Å². The highest BCUT2D eigenvalue weighted by Crippen LogP contribution is 2.23. The molecular weight excluding hydrogens is 351 g/mol. The molecule has 5 nitrogen and oxygen atoms in total. The second-order valence-corrected chi connectivity index (χ2v) is 6.04. The predicted octanol–water partition coefficient (Wildman–Crippen LogP) is 4.69. The molecule has 1 aromatic heterocycles. The van der Waals surface area contributed by atoms with Crippen molar-refractivity contribution in [2.45, 2.75) is 6.92 Å². The van der Waals surface area contributed by atoms with Crippen LogP contribution in [0, 0.1) is 17.1 Å². The Hall–Kier alpha value is -3.24. The fraction of sp³-hybridized carbons (Fsp3) is 0.105. The van der Waals surface area contributed by atoms with Crippen molar-refractivity contribution in [3.63, 3.8) is 0 Å². The third kappa shape index (κ3) is 4.23. The number of thiazole rings is 1. The Balaban J connectivity index is 1.75.